The number of fused-ring (bicyclic) bond motifs is 1. The van der Waals surface area contributed by atoms with Crippen LogP contribution < -0.4 is 0 Å². The van der Waals surface area contributed by atoms with Gasteiger partial charge in [-0.15, -0.1) is 11.3 Å². The molecule has 29 heavy (non-hydrogen) atoms. The molecule has 0 saturated heterocycles. The molecule has 1 unspecified atom stereocenters. The molecule has 1 N–H and O–H groups in total. The van der Waals surface area contributed by atoms with E-state index in [4.69, 9.17) is 0 Å². The number of aliphatic hydroxyl groups is 1. The number of aliphatic hydroxyl groups excluding tert-OH is 1. The molecular weight excluding hydrogens is 386 g/mol. The van der Waals surface area contributed by atoms with Crippen molar-refractivity contribution in [3.05, 3.63) is 69.7 Å². The summed E-state index contributed by atoms with van der Waals surface area (Å²) in [7, 11) is 5.80. The number of hydrogen-bond donors (Lipinski definition) is 1. The van der Waals surface area contributed by atoms with Crippen molar-refractivity contribution in [2.75, 3.05) is 27.2 Å². The van der Waals surface area contributed by atoms with E-state index in [9.17, 15) is 14.7 Å². The molecular formula is C22H23N3O3S. The van der Waals surface area contributed by atoms with Gasteiger partial charge in [-0.2, -0.15) is 0 Å². The van der Waals surface area contributed by atoms with Crippen molar-refractivity contribution < 1.29 is 14.7 Å². The fraction of sp³-hybridized carbons (Fsp3) is 0.273. The Bertz CT molecular complexity index is 1110. The molecule has 1 amide bonds. The van der Waals surface area contributed by atoms with E-state index in [2.05, 4.69) is 0 Å². The summed E-state index contributed by atoms with van der Waals surface area (Å²) >= 11 is 1.31. The topological polar surface area (TPSA) is 65.8 Å². The Hall–Kier alpha value is -2.90. The maximum Gasteiger partial charge on any atom is 0.290 e. The molecule has 0 spiro atoms. The van der Waals surface area contributed by atoms with E-state index in [-0.39, 0.29) is 11.4 Å². The zero-order valence-electron chi connectivity index (χ0n) is 16.6. The molecule has 3 aromatic rings. The van der Waals surface area contributed by atoms with Crippen LogP contribution in [-0.2, 0) is 11.8 Å². The number of ketones is 1. The van der Waals surface area contributed by atoms with Crippen LogP contribution in [0.2, 0.25) is 0 Å². The number of rotatable bonds is 6. The Morgan fingerprint density at radius 1 is 1.21 bits per heavy atom. The van der Waals surface area contributed by atoms with Crippen molar-refractivity contribution >= 4 is 33.9 Å². The van der Waals surface area contributed by atoms with Crippen LogP contribution in [0, 0.1) is 0 Å². The largest absolute Gasteiger partial charge is 0.503 e. The lowest BCUT2D eigenvalue weighted by atomic mass is 9.95. The second-order valence-electron chi connectivity index (χ2n) is 7.49. The molecule has 2 aromatic heterocycles. The fourth-order valence-electron chi connectivity index (χ4n) is 3.88. The van der Waals surface area contributed by atoms with Crippen molar-refractivity contribution in [1.29, 1.82) is 0 Å². The summed E-state index contributed by atoms with van der Waals surface area (Å²) in [5.74, 6) is -1.24. The first-order valence-corrected chi connectivity index (χ1v) is 10.3. The van der Waals surface area contributed by atoms with E-state index in [1.54, 1.807) is 17.0 Å². The summed E-state index contributed by atoms with van der Waals surface area (Å²) in [6.07, 6.45) is 1.95. The highest BCUT2D eigenvalue weighted by atomic mass is 32.1. The van der Waals surface area contributed by atoms with Gasteiger partial charge in [0.25, 0.3) is 5.91 Å². The lowest BCUT2D eigenvalue weighted by molar-refractivity contribution is -0.129. The molecule has 6 nitrogen and oxygen atoms in total. The number of amides is 1. The van der Waals surface area contributed by atoms with Crippen molar-refractivity contribution in [3.8, 4) is 0 Å². The lowest BCUT2D eigenvalue weighted by Gasteiger charge is -2.27. The molecule has 0 saturated carbocycles. The molecule has 7 heteroatoms. The average Bonchev–Trinajstić information content (AvgIpc) is 3.40. The van der Waals surface area contributed by atoms with Gasteiger partial charge in [0.2, 0.25) is 5.78 Å². The molecule has 0 radical (unpaired) electrons. The van der Waals surface area contributed by atoms with Gasteiger partial charge < -0.3 is 19.5 Å². The predicted molar refractivity (Wildman–Crippen MR) is 114 cm³/mol. The van der Waals surface area contributed by atoms with Gasteiger partial charge in [0, 0.05) is 42.8 Å². The van der Waals surface area contributed by atoms with Crippen LogP contribution >= 0.6 is 11.3 Å². The maximum atomic E-state index is 13.3. The number of Topliss-reactive ketones (excluding diaryl/α,β-unsaturated/α-hetero) is 1. The third kappa shape index (κ3) is 3.26. The average molecular weight is 410 g/mol. The number of likely N-dealkylation sites (N-methyl/N-ethyl adjacent to an activating group) is 1. The van der Waals surface area contributed by atoms with Gasteiger partial charge in [0.05, 0.1) is 16.5 Å². The number of benzene rings is 1. The Balaban J connectivity index is 1.88. The summed E-state index contributed by atoms with van der Waals surface area (Å²) in [6, 6.07) is 10.8. The molecule has 1 aromatic carbocycles. The standard InChI is InChI=1S/C22H23N3O3S/c1-23(2)10-11-25-19(15-13-24(3)16-8-5-4-7-14(15)16)18(21(27)22(25)28)20(26)17-9-6-12-29-17/h4-9,12-13,19,27H,10-11H2,1-3H3. The normalized spacial score (nSPS) is 17.2. The second-order valence-corrected chi connectivity index (χ2v) is 8.43. The van der Waals surface area contributed by atoms with E-state index >= 15 is 0 Å². The first-order valence-electron chi connectivity index (χ1n) is 9.41. The first-order chi connectivity index (χ1) is 13.9. The van der Waals surface area contributed by atoms with Gasteiger partial charge in [0.15, 0.2) is 5.76 Å². The highest BCUT2D eigenvalue weighted by Crippen LogP contribution is 2.42. The summed E-state index contributed by atoms with van der Waals surface area (Å²) in [6.45, 7) is 1.03. The van der Waals surface area contributed by atoms with Gasteiger partial charge in [-0.05, 0) is 31.6 Å². The molecule has 1 atom stereocenters. The Morgan fingerprint density at radius 3 is 2.66 bits per heavy atom. The van der Waals surface area contributed by atoms with Crippen LogP contribution in [0.5, 0.6) is 0 Å². The van der Waals surface area contributed by atoms with Crippen LogP contribution in [0.3, 0.4) is 0 Å². The molecule has 3 heterocycles. The Morgan fingerprint density at radius 2 is 1.97 bits per heavy atom. The number of para-hydroxylation sites is 1. The molecule has 0 fully saturated rings. The number of carbonyl (C=O) groups excluding carboxylic acids is 2. The summed E-state index contributed by atoms with van der Waals surface area (Å²) < 4.78 is 1.99. The monoisotopic (exact) mass is 409 g/mol. The SMILES string of the molecule is CN(C)CCN1C(=O)C(O)=C(C(=O)c2cccs2)C1c1cn(C)c2ccccc12. The molecule has 0 aliphatic carbocycles. The van der Waals surface area contributed by atoms with Crippen LogP contribution in [-0.4, -0.2) is 58.3 Å². The fourth-order valence-corrected chi connectivity index (χ4v) is 4.56. The van der Waals surface area contributed by atoms with Crippen molar-refractivity contribution in [1.82, 2.24) is 14.4 Å². The number of nitrogens with zero attached hydrogens (tertiary/aromatic N) is 3. The van der Waals surface area contributed by atoms with Crippen molar-refractivity contribution in [2.45, 2.75) is 6.04 Å². The van der Waals surface area contributed by atoms with Crippen molar-refractivity contribution in [3.63, 3.8) is 0 Å². The molecule has 0 bridgehead atoms. The third-order valence-corrected chi connectivity index (χ3v) is 6.17. The zero-order chi connectivity index (χ0) is 20.7. The first kappa shape index (κ1) is 19.4. The number of carbonyl (C=O) groups is 2. The number of aryl methyl sites for hydroxylation is 1. The van der Waals surface area contributed by atoms with Crippen LogP contribution in [0.4, 0.5) is 0 Å². The molecule has 150 valence electrons. The van der Waals surface area contributed by atoms with Gasteiger partial charge >= 0.3 is 0 Å². The van der Waals surface area contributed by atoms with E-state index in [0.29, 0.717) is 18.0 Å². The smallest absolute Gasteiger partial charge is 0.290 e. The Labute approximate surface area is 173 Å². The number of thiophene rings is 1. The third-order valence-electron chi connectivity index (χ3n) is 5.30. The summed E-state index contributed by atoms with van der Waals surface area (Å²) in [5.41, 5.74) is 2.02. The quantitative estimate of drug-likeness (QED) is 0.634. The van der Waals surface area contributed by atoms with E-state index < -0.39 is 17.7 Å². The highest BCUT2D eigenvalue weighted by Gasteiger charge is 2.44. The van der Waals surface area contributed by atoms with Crippen LogP contribution in [0.1, 0.15) is 21.3 Å². The number of hydrogen-bond acceptors (Lipinski definition) is 5. The molecule has 4 rings (SSSR count). The zero-order valence-corrected chi connectivity index (χ0v) is 17.4. The van der Waals surface area contributed by atoms with Gasteiger partial charge in [0.1, 0.15) is 0 Å². The second kappa shape index (κ2) is 7.50. The van der Waals surface area contributed by atoms with E-state index in [1.165, 1.54) is 11.3 Å². The predicted octanol–water partition coefficient (Wildman–Crippen LogP) is 3.38. The van der Waals surface area contributed by atoms with Gasteiger partial charge in [-0.1, -0.05) is 24.3 Å². The minimum atomic E-state index is -0.622. The van der Waals surface area contributed by atoms with Crippen LogP contribution in [0.25, 0.3) is 10.9 Å². The molecule has 1 aliphatic heterocycles. The van der Waals surface area contributed by atoms with Gasteiger partial charge in [-0.3, -0.25) is 9.59 Å². The Kier molecular flexibility index (Phi) is 5.02. The lowest BCUT2D eigenvalue weighted by Crippen LogP contribution is -2.36. The molecule has 1 aliphatic rings. The minimum Gasteiger partial charge on any atom is -0.503 e. The minimum absolute atomic E-state index is 0.160. The summed E-state index contributed by atoms with van der Waals surface area (Å²) in [4.78, 5) is 30.3. The van der Waals surface area contributed by atoms with E-state index in [0.717, 1.165) is 16.5 Å². The van der Waals surface area contributed by atoms with E-state index in [1.807, 2.05) is 66.5 Å². The van der Waals surface area contributed by atoms with Gasteiger partial charge in [-0.25, -0.2) is 0 Å². The highest BCUT2D eigenvalue weighted by molar-refractivity contribution is 7.12. The maximum absolute atomic E-state index is 13.3. The van der Waals surface area contributed by atoms with Crippen LogP contribution in [0.15, 0.2) is 59.3 Å². The number of aromatic nitrogens is 1. The summed E-state index contributed by atoms with van der Waals surface area (Å²) in [5, 5.41) is 13.5. The van der Waals surface area contributed by atoms with Crippen molar-refractivity contribution in [2.24, 2.45) is 7.05 Å².